The van der Waals surface area contributed by atoms with Gasteiger partial charge in [-0.3, -0.25) is 10.1 Å². The molecular weight excluding hydrogens is 332 g/mol. The van der Waals surface area contributed by atoms with Gasteiger partial charge in [-0.2, -0.15) is 0 Å². The third-order valence-corrected chi connectivity index (χ3v) is 3.43. The summed E-state index contributed by atoms with van der Waals surface area (Å²) in [5.41, 5.74) is 1.76. The van der Waals surface area contributed by atoms with E-state index in [1.165, 1.54) is 0 Å². The van der Waals surface area contributed by atoms with Gasteiger partial charge in [-0.15, -0.1) is 0 Å². The van der Waals surface area contributed by atoms with E-state index in [4.69, 9.17) is 11.6 Å². The number of benzene rings is 2. The summed E-state index contributed by atoms with van der Waals surface area (Å²) in [4.78, 5) is 10.4. The Labute approximate surface area is 123 Å². The Bertz CT molecular complexity index is 619. The van der Waals surface area contributed by atoms with Gasteiger partial charge in [0.05, 0.1) is 9.40 Å². The largest absolute Gasteiger partial charge is 0.381 e. The first-order chi connectivity index (χ1) is 9.06. The van der Waals surface area contributed by atoms with Gasteiger partial charge < -0.3 is 5.32 Å². The summed E-state index contributed by atoms with van der Waals surface area (Å²) < 4.78 is 0.476. The van der Waals surface area contributed by atoms with Gasteiger partial charge in [0.15, 0.2) is 0 Å². The van der Waals surface area contributed by atoms with Crippen molar-refractivity contribution >= 4 is 38.9 Å². The molecule has 0 saturated carbocycles. The first kappa shape index (κ1) is 13.8. The highest BCUT2D eigenvalue weighted by Gasteiger charge is 2.11. The number of nitrogens with zero attached hydrogens (tertiary/aromatic N) is 1. The maximum Gasteiger partial charge on any atom is 0.283 e. The SMILES string of the molecule is O=[N+]([O-])c1cc(CNc2cccc(Cl)c2)ccc1Br. The predicted molar refractivity (Wildman–Crippen MR) is 79.6 cm³/mol. The average molecular weight is 342 g/mol. The summed E-state index contributed by atoms with van der Waals surface area (Å²) in [6.07, 6.45) is 0. The van der Waals surface area contributed by atoms with Gasteiger partial charge in [-0.05, 0) is 45.8 Å². The number of nitro benzene ring substituents is 1. The number of hydrogen-bond acceptors (Lipinski definition) is 3. The minimum atomic E-state index is -0.410. The minimum absolute atomic E-state index is 0.0606. The third kappa shape index (κ3) is 3.68. The standard InChI is InChI=1S/C13H10BrClN2O2/c14-12-5-4-9(6-13(12)17(18)19)8-16-11-3-1-2-10(15)7-11/h1-7,16H,8H2. The van der Waals surface area contributed by atoms with E-state index in [2.05, 4.69) is 21.2 Å². The van der Waals surface area contributed by atoms with Crippen molar-refractivity contribution in [3.8, 4) is 0 Å². The highest BCUT2D eigenvalue weighted by atomic mass is 79.9. The molecule has 0 unspecified atom stereocenters. The van der Waals surface area contributed by atoms with Gasteiger partial charge >= 0.3 is 0 Å². The Morgan fingerprint density at radius 3 is 2.74 bits per heavy atom. The normalized spacial score (nSPS) is 10.2. The second-order valence-electron chi connectivity index (χ2n) is 3.91. The summed E-state index contributed by atoms with van der Waals surface area (Å²) >= 11 is 9.04. The molecule has 98 valence electrons. The van der Waals surface area contributed by atoms with E-state index in [0.29, 0.717) is 16.0 Å². The van der Waals surface area contributed by atoms with E-state index >= 15 is 0 Å². The lowest BCUT2D eigenvalue weighted by Gasteiger charge is -2.07. The molecule has 0 fully saturated rings. The molecule has 0 spiro atoms. The lowest BCUT2D eigenvalue weighted by molar-refractivity contribution is -0.385. The first-order valence-corrected chi connectivity index (χ1v) is 6.65. The summed E-state index contributed by atoms with van der Waals surface area (Å²) in [5, 5.41) is 14.6. The minimum Gasteiger partial charge on any atom is -0.381 e. The fraction of sp³-hybridized carbons (Fsp3) is 0.0769. The lowest BCUT2D eigenvalue weighted by atomic mass is 10.2. The summed E-state index contributed by atoms with van der Waals surface area (Å²) in [6, 6.07) is 12.4. The van der Waals surface area contributed by atoms with Crippen molar-refractivity contribution < 1.29 is 4.92 Å². The van der Waals surface area contributed by atoms with Crippen molar-refractivity contribution in [2.75, 3.05) is 5.32 Å². The predicted octanol–water partition coefficient (Wildman–Crippen LogP) is 4.62. The zero-order valence-corrected chi connectivity index (χ0v) is 12.1. The van der Waals surface area contributed by atoms with E-state index < -0.39 is 4.92 Å². The van der Waals surface area contributed by atoms with Crippen LogP contribution < -0.4 is 5.32 Å². The van der Waals surface area contributed by atoms with Crippen LogP contribution in [0.3, 0.4) is 0 Å². The molecule has 0 aliphatic rings. The van der Waals surface area contributed by atoms with Crippen LogP contribution in [0.25, 0.3) is 0 Å². The molecule has 2 aromatic rings. The van der Waals surface area contributed by atoms with Crippen LogP contribution in [0.4, 0.5) is 11.4 Å². The summed E-state index contributed by atoms with van der Waals surface area (Å²) in [5.74, 6) is 0. The van der Waals surface area contributed by atoms with Crippen LogP contribution in [0.15, 0.2) is 46.9 Å². The number of rotatable bonds is 4. The quantitative estimate of drug-likeness (QED) is 0.652. The van der Waals surface area contributed by atoms with Crippen LogP contribution in [-0.4, -0.2) is 4.92 Å². The maximum atomic E-state index is 10.8. The molecule has 0 aromatic heterocycles. The first-order valence-electron chi connectivity index (χ1n) is 5.48. The van der Waals surface area contributed by atoms with E-state index in [1.54, 1.807) is 24.3 Å². The average Bonchev–Trinajstić information content (AvgIpc) is 2.37. The molecule has 4 nitrogen and oxygen atoms in total. The van der Waals surface area contributed by atoms with Gasteiger partial charge in [0.2, 0.25) is 0 Å². The van der Waals surface area contributed by atoms with E-state index in [-0.39, 0.29) is 5.69 Å². The monoisotopic (exact) mass is 340 g/mol. The zero-order valence-electron chi connectivity index (χ0n) is 9.77. The van der Waals surface area contributed by atoms with Crippen LogP contribution in [0.5, 0.6) is 0 Å². The van der Waals surface area contributed by atoms with Crippen molar-refractivity contribution in [3.63, 3.8) is 0 Å². The van der Waals surface area contributed by atoms with Gasteiger partial charge in [0, 0.05) is 23.3 Å². The molecule has 0 atom stereocenters. The molecule has 0 bridgehead atoms. The van der Waals surface area contributed by atoms with Gasteiger partial charge in [-0.25, -0.2) is 0 Å². The van der Waals surface area contributed by atoms with Crippen molar-refractivity contribution in [2.24, 2.45) is 0 Å². The number of halogens is 2. The number of nitro groups is 1. The molecule has 6 heteroatoms. The Balaban J connectivity index is 2.12. The highest BCUT2D eigenvalue weighted by Crippen LogP contribution is 2.26. The molecule has 2 rings (SSSR count). The molecule has 0 radical (unpaired) electrons. The van der Waals surface area contributed by atoms with Crippen molar-refractivity contribution in [1.29, 1.82) is 0 Å². The van der Waals surface area contributed by atoms with Crippen LogP contribution in [0, 0.1) is 10.1 Å². The van der Waals surface area contributed by atoms with E-state index in [9.17, 15) is 10.1 Å². The summed E-state index contributed by atoms with van der Waals surface area (Å²) in [7, 11) is 0. The Kier molecular flexibility index (Phi) is 4.39. The number of hydrogen-bond donors (Lipinski definition) is 1. The van der Waals surface area contributed by atoms with Crippen LogP contribution in [-0.2, 0) is 6.54 Å². The maximum absolute atomic E-state index is 10.8. The topological polar surface area (TPSA) is 55.2 Å². The van der Waals surface area contributed by atoms with Crippen molar-refractivity contribution in [1.82, 2.24) is 0 Å². The van der Waals surface area contributed by atoms with Crippen LogP contribution >= 0.6 is 27.5 Å². The van der Waals surface area contributed by atoms with Crippen LogP contribution in [0.2, 0.25) is 5.02 Å². The molecule has 0 amide bonds. The highest BCUT2D eigenvalue weighted by molar-refractivity contribution is 9.10. The summed E-state index contributed by atoms with van der Waals surface area (Å²) in [6.45, 7) is 0.495. The molecule has 0 saturated heterocycles. The fourth-order valence-electron chi connectivity index (χ4n) is 1.61. The smallest absolute Gasteiger partial charge is 0.283 e. The Morgan fingerprint density at radius 1 is 1.26 bits per heavy atom. The second kappa shape index (κ2) is 6.04. The van der Waals surface area contributed by atoms with Gasteiger partial charge in [0.25, 0.3) is 5.69 Å². The molecule has 19 heavy (non-hydrogen) atoms. The van der Waals surface area contributed by atoms with Gasteiger partial charge in [0.1, 0.15) is 0 Å². The number of anilines is 1. The Morgan fingerprint density at radius 2 is 2.05 bits per heavy atom. The molecular formula is C13H10BrClN2O2. The van der Waals surface area contributed by atoms with Gasteiger partial charge in [-0.1, -0.05) is 23.7 Å². The Hall–Kier alpha value is -1.59. The fourth-order valence-corrected chi connectivity index (χ4v) is 2.19. The van der Waals surface area contributed by atoms with Crippen molar-refractivity contribution in [2.45, 2.75) is 6.54 Å². The van der Waals surface area contributed by atoms with E-state index in [0.717, 1.165) is 11.3 Å². The molecule has 2 aromatic carbocycles. The zero-order chi connectivity index (χ0) is 13.8. The third-order valence-electron chi connectivity index (χ3n) is 2.53. The molecule has 0 aliphatic heterocycles. The van der Waals surface area contributed by atoms with E-state index in [1.807, 2.05) is 18.2 Å². The van der Waals surface area contributed by atoms with Crippen LogP contribution in [0.1, 0.15) is 5.56 Å². The lowest BCUT2D eigenvalue weighted by Crippen LogP contribution is -2.00. The molecule has 0 aliphatic carbocycles. The molecule has 1 N–H and O–H groups in total. The second-order valence-corrected chi connectivity index (χ2v) is 5.20. The number of nitrogens with one attached hydrogen (secondary N) is 1. The van der Waals surface area contributed by atoms with Crippen molar-refractivity contribution in [3.05, 3.63) is 67.6 Å². The molecule has 0 heterocycles.